The molecule has 1 amide bonds. The van der Waals surface area contributed by atoms with Gasteiger partial charge in [-0.15, -0.1) is 11.3 Å². The molecular formula is C24H21NO4S. The summed E-state index contributed by atoms with van der Waals surface area (Å²) < 4.78 is 5.52. The number of carbonyl (C=O) groups is 2. The fraction of sp³-hybridized carbons (Fsp3) is 0.167. The first-order valence-electron chi connectivity index (χ1n) is 9.66. The van der Waals surface area contributed by atoms with Crippen LogP contribution in [0.1, 0.15) is 29.0 Å². The molecule has 1 N–H and O–H groups in total. The molecule has 152 valence electrons. The van der Waals surface area contributed by atoms with Gasteiger partial charge >= 0.3 is 0 Å². The van der Waals surface area contributed by atoms with Gasteiger partial charge in [0.2, 0.25) is 0 Å². The van der Waals surface area contributed by atoms with E-state index in [1.165, 1.54) is 16.2 Å². The summed E-state index contributed by atoms with van der Waals surface area (Å²) in [5.41, 5.74) is 2.05. The van der Waals surface area contributed by atoms with Crippen molar-refractivity contribution in [1.29, 1.82) is 0 Å². The van der Waals surface area contributed by atoms with Crippen molar-refractivity contribution < 1.29 is 19.4 Å². The Balaban J connectivity index is 1.91. The van der Waals surface area contributed by atoms with Crippen molar-refractivity contribution in [3.05, 3.63) is 87.6 Å². The number of aryl methyl sites for hydroxylation is 1. The third-order valence-electron chi connectivity index (χ3n) is 5.05. The lowest BCUT2D eigenvalue weighted by Gasteiger charge is -2.25. The lowest BCUT2D eigenvalue weighted by Crippen LogP contribution is -2.29. The molecule has 1 aliphatic rings. The standard InChI is InChI=1S/C24H21NO4S/c1-3-29-17-10-6-9-16(14-17)22(26)20-21(19-12-7-13-30-19)25(24(28)23(20)27)18-11-5-4-8-15(18)2/h4-14,21,26H,3H2,1-2H3/b22-20-. The fourth-order valence-electron chi connectivity index (χ4n) is 3.69. The van der Waals surface area contributed by atoms with E-state index in [4.69, 9.17) is 4.74 Å². The number of amides is 1. The van der Waals surface area contributed by atoms with Crippen LogP contribution in [-0.4, -0.2) is 23.4 Å². The highest BCUT2D eigenvalue weighted by Crippen LogP contribution is 2.44. The van der Waals surface area contributed by atoms with Gasteiger partial charge in [0.1, 0.15) is 17.6 Å². The van der Waals surface area contributed by atoms with Gasteiger partial charge in [-0.05, 0) is 49.1 Å². The third kappa shape index (κ3) is 3.39. The monoisotopic (exact) mass is 419 g/mol. The van der Waals surface area contributed by atoms with Crippen LogP contribution in [0.15, 0.2) is 71.6 Å². The number of ketones is 1. The lowest BCUT2D eigenvalue weighted by molar-refractivity contribution is -0.132. The highest BCUT2D eigenvalue weighted by atomic mass is 32.1. The highest BCUT2D eigenvalue weighted by Gasteiger charge is 2.47. The summed E-state index contributed by atoms with van der Waals surface area (Å²) in [4.78, 5) is 28.5. The van der Waals surface area contributed by atoms with Gasteiger partial charge in [-0.1, -0.05) is 36.4 Å². The number of hydrogen-bond acceptors (Lipinski definition) is 5. The van der Waals surface area contributed by atoms with Gasteiger partial charge in [0, 0.05) is 16.1 Å². The van der Waals surface area contributed by atoms with E-state index in [2.05, 4.69) is 0 Å². The van der Waals surface area contributed by atoms with E-state index in [0.29, 0.717) is 23.6 Å². The molecule has 0 saturated carbocycles. The zero-order valence-electron chi connectivity index (χ0n) is 16.7. The predicted octanol–water partition coefficient (Wildman–Crippen LogP) is 5.08. The molecule has 1 atom stereocenters. The molecule has 1 unspecified atom stereocenters. The Morgan fingerprint density at radius 2 is 1.90 bits per heavy atom. The number of Topliss-reactive ketones (excluding diaryl/α,β-unsaturated/α-hetero) is 1. The molecule has 5 nitrogen and oxygen atoms in total. The van der Waals surface area contributed by atoms with Crippen molar-refractivity contribution in [3.63, 3.8) is 0 Å². The molecule has 1 aromatic heterocycles. The molecule has 4 rings (SSSR count). The number of thiophene rings is 1. The van der Waals surface area contributed by atoms with Crippen LogP contribution in [0, 0.1) is 6.92 Å². The molecule has 0 aliphatic carbocycles. The first-order chi connectivity index (χ1) is 14.5. The number of rotatable bonds is 5. The van der Waals surface area contributed by atoms with E-state index >= 15 is 0 Å². The molecule has 2 aromatic carbocycles. The van der Waals surface area contributed by atoms with Gasteiger partial charge in [0.05, 0.1) is 12.2 Å². The van der Waals surface area contributed by atoms with E-state index in [-0.39, 0.29) is 11.3 Å². The van der Waals surface area contributed by atoms with Gasteiger partial charge in [-0.3, -0.25) is 14.5 Å². The lowest BCUT2D eigenvalue weighted by atomic mass is 9.99. The van der Waals surface area contributed by atoms with Crippen LogP contribution >= 0.6 is 11.3 Å². The number of para-hydroxylation sites is 1. The Hall–Kier alpha value is -3.38. The topological polar surface area (TPSA) is 66.8 Å². The molecule has 3 aromatic rings. The summed E-state index contributed by atoms with van der Waals surface area (Å²) in [6.45, 7) is 4.25. The SMILES string of the molecule is CCOc1cccc(/C(O)=C2/C(=O)C(=O)N(c3ccccc3C)C2c2cccs2)c1. The molecule has 6 heteroatoms. The average molecular weight is 420 g/mol. The van der Waals surface area contributed by atoms with E-state index in [9.17, 15) is 14.7 Å². The van der Waals surface area contributed by atoms with Crippen molar-refractivity contribution >= 4 is 34.5 Å². The molecule has 1 aliphatic heterocycles. The van der Waals surface area contributed by atoms with E-state index in [1.807, 2.05) is 55.6 Å². The van der Waals surface area contributed by atoms with Crippen molar-refractivity contribution in [2.24, 2.45) is 0 Å². The Morgan fingerprint density at radius 1 is 1.10 bits per heavy atom. The number of anilines is 1. The molecule has 1 fully saturated rings. The van der Waals surface area contributed by atoms with Crippen LogP contribution in [0.5, 0.6) is 5.75 Å². The van der Waals surface area contributed by atoms with Crippen LogP contribution in [0.25, 0.3) is 5.76 Å². The van der Waals surface area contributed by atoms with Crippen LogP contribution in [0.3, 0.4) is 0 Å². The van der Waals surface area contributed by atoms with Crippen molar-refractivity contribution in [2.45, 2.75) is 19.9 Å². The maximum Gasteiger partial charge on any atom is 0.300 e. The van der Waals surface area contributed by atoms with Gasteiger partial charge in [-0.25, -0.2) is 0 Å². The minimum absolute atomic E-state index is 0.0827. The zero-order valence-corrected chi connectivity index (χ0v) is 17.5. The van der Waals surface area contributed by atoms with Crippen molar-refractivity contribution in [2.75, 3.05) is 11.5 Å². The van der Waals surface area contributed by atoms with Crippen LogP contribution < -0.4 is 9.64 Å². The van der Waals surface area contributed by atoms with Crippen molar-refractivity contribution in [3.8, 4) is 5.75 Å². The quantitative estimate of drug-likeness (QED) is 0.356. The summed E-state index contributed by atoms with van der Waals surface area (Å²) in [7, 11) is 0. The minimum atomic E-state index is -0.698. The third-order valence-corrected chi connectivity index (χ3v) is 5.98. The van der Waals surface area contributed by atoms with Gasteiger partial charge in [-0.2, -0.15) is 0 Å². The Morgan fingerprint density at radius 3 is 2.60 bits per heavy atom. The Labute approximate surface area is 178 Å². The maximum absolute atomic E-state index is 13.1. The second-order valence-electron chi connectivity index (χ2n) is 6.93. The second kappa shape index (κ2) is 8.16. The molecule has 0 bridgehead atoms. The predicted molar refractivity (Wildman–Crippen MR) is 118 cm³/mol. The number of nitrogens with zero attached hydrogens (tertiary/aromatic N) is 1. The highest BCUT2D eigenvalue weighted by molar-refractivity contribution is 7.10. The minimum Gasteiger partial charge on any atom is -0.507 e. The second-order valence-corrected chi connectivity index (χ2v) is 7.91. The summed E-state index contributed by atoms with van der Waals surface area (Å²) in [5, 5.41) is 13.0. The largest absolute Gasteiger partial charge is 0.507 e. The molecular weight excluding hydrogens is 398 g/mol. The normalized spacial score (nSPS) is 18.1. The molecule has 0 radical (unpaired) electrons. The van der Waals surface area contributed by atoms with Crippen LogP contribution in [0.4, 0.5) is 5.69 Å². The number of benzene rings is 2. The van der Waals surface area contributed by atoms with Crippen molar-refractivity contribution in [1.82, 2.24) is 0 Å². The van der Waals surface area contributed by atoms with Gasteiger partial charge in [0.25, 0.3) is 11.7 Å². The van der Waals surface area contributed by atoms with E-state index in [1.54, 1.807) is 24.3 Å². The van der Waals surface area contributed by atoms with Crippen LogP contribution in [0.2, 0.25) is 0 Å². The molecule has 1 saturated heterocycles. The fourth-order valence-corrected chi connectivity index (χ4v) is 4.51. The Bertz CT molecular complexity index is 1130. The maximum atomic E-state index is 13.1. The van der Waals surface area contributed by atoms with Gasteiger partial charge in [0.15, 0.2) is 0 Å². The smallest absolute Gasteiger partial charge is 0.300 e. The average Bonchev–Trinajstić information content (AvgIpc) is 3.36. The number of aliphatic hydroxyl groups excluding tert-OH is 1. The number of ether oxygens (including phenoxy) is 1. The van der Waals surface area contributed by atoms with Crippen LogP contribution in [-0.2, 0) is 9.59 Å². The summed E-state index contributed by atoms with van der Waals surface area (Å²) in [6, 6.07) is 17.4. The summed E-state index contributed by atoms with van der Waals surface area (Å²) >= 11 is 1.44. The first-order valence-corrected chi connectivity index (χ1v) is 10.5. The summed E-state index contributed by atoms with van der Waals surface area (Å²) in [6.07, 6.45) is 0. The molecule has 0 spiro atoms. The number of carbonyl (C=O) groups excluding carboxylic acids is 2. The summed E-state index contributed by atoms with van der Waals surface area (Å²) in [5.74, 6) is -0.965. The first kappa shape index (κ1) is 19.9. The Kier molecular flexibility index (Phi) is 5.42. The van der Waals surface area contributed by atoms with E-state index in [0.717, 1.165) is 10.4 Å². The number of aliphatic hydroxyl groups is 1. The number of hydrogen-bond donors (Lipinski definition) is 1. The zero-order chi connectivity index (χ0) is 21.3. The molecule has 2 heterocycles. The molecule has 30 heavy (non-hydrogen) atoms. The van der Waals surface area contributed by atoms with E-state index < -0.39 is 17.7 Å². The van der Waals surface area contributed by atoms with Gasteiger partial charge < -0.3 is 9.84 Å².